The van der Waals surface area contributed by atoms with Crippen LogP contribution in [0.15, 0.2) is 30.6 Å². The fourth-order valence-electron chi connectivity index (χ4n) is 2.25. The molecule has 116 valence electrons. The molecule has 22 heavy (non-hydrogen) atoms. The third-order valence-corrected chi connectivity index (χ3v) is 3.74. The second-order valence-corrected chi connectivity index (χ2v) is 5.37. The van der Waals surface area contributed by atoms with Crippen LogP contribution in [0.25, 0.3) is 0 Å². The Labute approximate surface area is 133 Å². The van der Waals surface area contributed by atoms with Gasteiger partial charge in [0.25, 0.3) is 0 Å². The van der Waals surface area contributed by atoms with Crippen LogP contribution >= 0.6 is 11.6 Å². The minimum atomic E-state index is -0.415. The van der Waals surface area contributed by atoms with E-state index in [2.05, 4.69) is 20.2 Å². The Morgan fingerprint density at radius 3 is 2.82 bits per heavy atom. The lowest BCUT2D eigenvalue weighted by molar-refractivity contribution is 0.122. The monoisotopic (exact) mass is 322 g/mol. The van der Waals surface area contributed by atoms with Gasteiger partial charge < -0.3 is 15.0 Å². The van der Waals surface area contributed by atoms with Crippen molar-refractivity contribution in [2.45, 2.75) is 6.54 Å². The van der Waals surface area contributed by atoms with E-state index in [1.807, 2.05) is 6.07 Å². The standard InChI is InChI=1S/C15H16ClFN4O/c16-12-7-11(1-2-13(12)17)9-18-14-8-15(20-10-19-14)21-3-5-22-6-4-21/h1-2,7-8,10H,3-6,9H2,(H,18,19,20). The fourth-order valence-corrected chi connectivity index (χ4v) is 2.45. The molecule has 1 aromatic carbocycles. The van der Waals surface area contributed by atoms with Gasteiger partial charge in [-0.25, -0.2) is 14.4 Å². The number of rotatable bonds is 4. The zero-order chi connectivity index (χ0) is 15.4. The van der Waals surface area contributed by atoms with Crippen LogP contribution in [0, 0.1) is 5.82 Å². The third-order valence-electron chi connectivity index (χ3n) is 3.45. The molecule has 2 heterocycles. The molecule has 0 aliphatic carbocycles. The number of morpholine rings is 1. The molecule has 1 fully saturated rings. The van der Waals surface area contributed by atoms with Crippen LogP contribution in [0.3, 0.4) is 0 Å². The molecule has 5 nitrogen and oxygen atoms in total. The van der Waals surface area contributed by atoms with Crippen molar-refractivity contribution in [2.24, 2.45) is 0 Å². The van der Waals surface area contributed by atoms with Crippen molar-refractivity contribution in [3.05, 3.63) is 47.0 Å². The summed E-state index contributed by atoms with van der Waals surface area (Å²) < 4.78 is 18.5. The van der Waals surface area contributed by atoms with Gasteiger partial charge in [0, 0.05) is 25.7 Å². The molecule has 3 rings (SSSR count). The Bertz CT molecular complexity index is 649. The van der Waals surface area contributed by atoms with E-state index < -0.39 is 5.82 Å². The molecule has 0 unspecified atom stereocenters. The molecule has 0 bridgehead atoms. The maximum atomic E-state index is 13.1. The van der Waals surface area contributed by atoms with E-state index in [1.165, 1.54) is 12.4 Å². The molecule has 0 atom stereocenters. The lowest BCUT2D eigenvalue weighted by Gasteiger charge is -2.27. The first-order valence-corrected chi connectivity index (χ1v) is 7.43. The summed E-state index contributed by atoms with van der Waals surface area (Å²) in [6.07, 6.45) is 1.53. The van der Waals surface area contributed by atoms with Gasteiger partial charge in [0.1, 0.15) is 23.8 Å². The maximum absolute atomic E-state index is 13.1. The van der Waals surface area contributed by atoms with Gasteiger partial charge in [0.05, 0.1) is 18.2 Å². The molecule has 1 saturated heterocycles. The van der Waals surface area contributed by atoms with Gasteiger partial charge in [-0.3, -0.25) is 0 Å². The number of hydrogen-bond acceptors (Lipinski definition) is 5. The van der Waals surface area contributed by atoms with Gasteiger partial charge in [-0.2, -0.15) is 0 Å². The minimum Gasteiger partial charge on any atom is -0.378 e. The van der Waals surface area contributed by atoms with Gasteiger partial charge >= 0.3 is 0 Å². The molecule has 0 spiro atoms. The van der Waals surface area contributed by atoms with E-state index in [1.54, 1.807) is 12.1 Å². The van der Waals surface area contributed by atoms with Crippen LogP contribution in [-0.2, 0) is 11.3 Å². The van der Waals surface area contributed by atoms with Crippen molar-refractivity contribution in [3.8, 4) is 0 Å². The second kappa shape index (κ2) is 6.89. The Kier molecular flexibility index (Phi) is 4.70. The van der Waals surface area contributed by atoms with E-state index in [-0.39, 0.29) is 5.02 Å². The van der Waals surface area contributed by atoms with Crippen molar-refractivity contribution in [1.29, 1.82) is 0 Å². The normalized spacial score (nSPS) is 14.9. The van der Waals surface area contributed by atoms with Crippen LogP contribution in [0.2, 0.25) is 5.02 Å². The van der Waals surface area contributed by atoms with Crippen molar-refractivity contribution in [3.63, 3.8) is 0 Å². The molecule has 1 aliphatic heterocycles. The quantitative estimate of drug-likeness (QED) is 0.938. The van der Waals surface area contributed by atoms with Crippen molar-refractivity contribution in [2.75, 3.05) is 36.5 Å². The maximum Gasteiger partial charge on any atom is 0.141 e. The van der Waals surface area contributed by atoms with Gasteiger partial charge in [0.2, 0.25) is 0 Å². The summed E-state index contributed by atoms with van der Waals surface area (Å²) in [6, 6.07) is 6.56. The van der Waals surface area contributed by atoms with Gasteiger partial charge in [-0.15, -0.1) is 0 Å². The molecule has 0 radical (unpaired) electrons. The summed E-state index contributed by atoms with van der Waals surface area (Å²) in [5, 5.41) is 3.32. The van der Waals surface area contributed by atoms with Crippen LogP contribution in [0.1, 0.15) is 5.56 Å². The molecule has 1 N–H and O–H groups in total. The highest BCUT2D eigenvalue weighted by Gasteiger charge is 2.13. The summed E-state index contributed by atoms with van der Waals surface area (Å²) in [4.78, 5) is 10.7. The zero-order valence-corrected chi connectivity index (χ0v) is 12.7. The van der Waals surface area contributed by atoms with Gasteiger partial charge in [-0.05, 0) is 17.7 Å². The summed E-state index contributed by atoms with van der Waals surface area (Å²) in [5.41, 5.74) is 0.887. The van der Waals surface area contributed by atoms with Gasteiger partial charge in [-0.1, -0.05) is 17.7 Å². The predicted molar refractivity (Wildman–Crippen MR) is 83.8 cm³/mol. The average Bonchev–Trinajstić information content (AvgIpc) is 2.57. The number of anilines is 2. The van der Waals surface area contributed by atoms with Gasteiger partial charge in [0.15, 0.2) is 0 Å². The molecule has 1 aromatic heterocycles. The molecular formula is C15H16ClFN4O. The van der Waals surface area contributed by atoms with Crippen molar-refractivity contribution < 1.29 is 9.13 Å². The minimum absolute atomic E-state index is 0.121. The highest BCUT2D eigenvalue weighted by Crippen LogP contribution is 2.18. The number of hydrogen-bond donors (Lipinski definition) is 1. The smallest absolute Gasteiger partial charge is 0.141 e. The number of ether oxygens (including phenoxy) is 1. The molecule has 2 aromatic rings. The predicted octanol–water partition coefficient (Wildman–Crippen LogP) is 2.72. The highest BCUT2D eigenvalue weighted by molar-refractivity contribution is 6.30. The first kappa shape index (κ1) is 15.0. The SMILES string of the molecule is Fc1ccc(CNc2cc(N3CCOCC3)ncn2)cc1Cl. The van der Waals surface area contributed by atoms with Crippen LogP contribution in [0.5, 0.6) is 0 Å². The number of halogens is 2. The summed E-state index contributed by atoms with van der Waals surface area (Å²) in [5.74, 6) is 1.18. The number of nitrogens with zero attached hydrogens (tertiary/aromatic N) is 3. The van der Waals surface area contributed by atoms with E-state index >= 15 is 0 Å². The second-order valence-electron chi connectivity index (χ2n) is 4.96. The molecule has 0 amide bonds. The Balaban J connectivity index is 1.66. The lowest BCUT2D eigenvalue weighted by atomic mass is 10.2. The first-order chi connectivity index (χ1) is 10.7. The van der Waals surface area contributed by atoms with E-state index in [0.717, 1.165) is 30.3 Å². The topological polar surface area (TPSA) is 50.3 Å². The van der Waals surface area contributed by atoms with E-state index in [4.69, 9.17) is 16.3 Å². The van der Waals surface area contributed by atoms with E-state index in [0.29, 0.717) is 19.8 Å². The molecular weight excluding hydrogens is 307 g/mol. The highest BCUT2D eigenvalue weighted by atomic mass is 35.5. The first-order valence-electron chi connectivity index (χ1n) is 7.05. The fraction of sp³-hybridized carbons (Fsp3) is 0.333. The Morgan fingerprint density at radius 1 is 1.23 bits per heavy atom. The largest absolute Gasteiger partial charge is 0.378 e. The zero-order valence-electron chi connectivity index (χ0n) is 11.9. The average molecular weight is 323 g/mol. The van der Waals surface area contributed by atoms with Crippen LogP contribution in [0.4, 0.5) is 16.0 Å². The summed E-state index contributed by atoms with van der Waals surface area (Å²) in [7, 11) is 0. The lowest BCUT2D eigenvalue weighted by Crippen LogP contribution is -2.36. The Hall–Kier alpha value is -1.92. The Morgan fingerprint density at radius 2 is 2.05 bits per heavy atom. The molecule has 7 heteroatoms. The molecule has 0 saturated carbocycles. The number of aromatic nitrogens is 2. The number of benzene rings is 1. The summed E-state index contributed by atoms with van der Waals surface area (Å²) >= 11 is 5.78. The third kappa shape index (κ3) is 3.64. The van der Waals surface area contributed by atoms with Crippen LogP contribution < -0.4 is 10.2 Å². The molecule has 1 aliphatic rings. The van der Waals surface area contributed by atoms with Crippen molar-refractivity contribution in [1.82, 2.24) is 9.97 Å². The van der Waals surface area contributed by atoms with Crippen LogP contribution in [-0.4, -0.2) is 36.3 Å². The van der Waals surface area contributed by atoms with Crippen molar-refractivity contribution >= 4 is 23.2 Å². The summed E-state index contributed by atoms with van der Waals surface area (Å²) in [6.45, 7) is 3.58. The number of nitrogens with one attached hydrogen (secondary N) is 1. The van der Waals surface area contributed by atoms with E-state index in [9.17, 15) is 4.39 Å².